The summed E-state index contributed by atoms with van der Waals surface area (Å²) in [6.45, 7) is 4.93. The van der Waals surface area contributed by atoms with Gasteiger partial charge in [-0.05, 0) is 18.1 Å². The third-order valence-corrected chi connectivity index (χ3v) is 3.88. The molecule has 2 rings (SSSR count). The molecule has 0 saturated heterocycles. The molecule has 8 heteroatoms. The van der Waals surface area contributed by atoms with Gasteiger partial charge >= 0.3 is 0 Å². The van der Waals surface area contributed by atoms with E-state index in [1.165, 1.54) is 6.92 Å². The predicted molar refractivity (Wildman–Crippen MR) is 96.8 cm³/mol. The van der Waals surface area contributed by atoms with Crippen LogP contribution in [0.1, 0.15) is 26.5 Å². The Morgan fingerprint density at radius 3 is 2.35 bits per heavy atom. The second kappa shape index (κ2) is 8.37. The lowest BCUT2D eigenvalue weighted by molar-refractivity contribution is -0.131. The van der Waals surface area contributed by atoms with Gasteiger partial charge in [-0.3, -0.25) is 19.4 Å². The first-order valence-electron chi connectivity index (χ1n) is 8.35. The van der Waals surface area contributed by atoms with Crippen LogP contribution in [0.15, 0.2) is 30.5 Å². The molecule has 0 saturated carbocycles. The Morgan fingerprint density at radius 2 is 1.77 bits per heavy atom. The van der Waals surface area contributed by atoms with Crippen LogP contribution in [-0.2, 0) is 20.8 Å². The highest BCUT2D eigenvalue weighted by Gasteiger charge is 2.27. The zero-order valence-corrected chi connectivity index (χ0v) is 15.0. The van der Waals surface area contributed by atoms with Gasteiger partial charge in [0.2, 0.25) is 17.7 Å². The van der Waals surface area contributed by atoms with Crippen molar-refractivity contribution in [3.8, 4) is 0 Å². The van der Waals surface area contributed by atoms with E-state index in [1.807, 2.05) is 24.3 Å². The van der Waals surface area contributed by atoms with Crippen molar-refractivity contribution in [1.82, 2.24) is 20.6 Å². The summed E-state index contributed by atoms with van der Waals surface area (Å²) in [5.74, 6) is -1.62. The third kappa shape index (κ3) is 4.98. The van der Waals surface area contributed by atoms with Crippen LogP contribution in [-0.4, -0.2) is 39.8 Å². The highest BCUT2D eigenvalue weighted by Crippen LogP contribution is 2.10. The number of nitrogens with zero attached hydrogens (tertiary/aromatic N) is 2. The van der Waals surface area contributed by atoms with Crippen LogP contribution in [0.2, 0.25) is 0 Å². The molecule has 0 aliphatic rings. The second-order valence-electron chi connectivity index (χ2n) is 6.44. The molecule has 2 aromatic rings. The molecule has 138 valence electrons. The van der Waals surface area contributed by atoms with Crippen molar-refractivity contribution in [3.63, 3.8) is 0 Å². The lowest BCUT2D eigenvalue weighted by Gasteiger charge is -2.23. The number of carbonyl (C=O) groups excluding carboxylic acids is 3. The van der Waals surface area contributed by atoms with Crippen LogP contribution in [0.4, 0.5) is 0 Å². The van der Waals surface area contributed by atoms with Crippen LogP contribution in [0.3, 0.4) is 0 Å². The average Bonchev–Trinajstić information content (AvgIpc) is 2.58. The monoisotopic (exact) mass is 357 g/mol. The van der Waals surface area contributed by atoms with Crippen molar-refractivity contribution in [3.05, 3.63) is 36.2 Å². The molecular weight excluding hydrogens is 334 g/mol. The van der Waals surface area contributed by atoms with Crippen LogP contribution in [0, 0.1) is 5.92 Å². The molecule has 0 aliphatic heterocycles. The highest BCUT2D eigenvalue weighted by atomic mass is 16.2. The molecule has 1 heterocycles. The lowest BCUT2D eigenvalue weighted by atomic mass is 10.0. The number of carbonyl (C=O) groups is 3. The average molecular weight is 357 g/mol. The maximum Gasteiger partial charge on any atom is 0.243 e. The Bertz CT molecular complexity index is 821. The summed E-state index contributed by atoms with van der Waals surface area (Å²) in [4.78, 5) is 44.3. The minimum atomic E-state index is -0.951. The molecule has 0 radical (unpaired) electrons. The van der Waals surface area contributed by atoms with Crippen LogP contribution in [0.25, 0.3) is 11.0 Å². The lowest BCUT2D eigenvalue weighted by Crippen LogP contribution is -2.55. The van der Waals surface area contributed by atoms with Crippen molar-refractivity contribution >= 4 is 28.8 Å². The molecule has 26 heavy (non-hydrogen) atoms. The Hall–Kier alpha value is -3.03. The predicted octanol–water partition coefficient (Wildman–Crippen LogP) is 0.303. The quantitative estimate of drug-likeness (QED) is 0.657. The number of nitrogens with two attached hydrogens (primary N) is 1. The molecule has 0 bridgehead atoms. The Balaban J connectivity index is 2.15. The van der Waals surface area contributed by atoms with Gasteiger partial charge < -0.3 is 16.4 Å². The van der Waals surface area contributed by atoms with E-state index in [9.17, 15) is 14.4 Å². The van der Waals surface area contributed by atoms with Crippen LogP contribution < -0.4 is 16.4 Å². The van der Waals surface area contributed by atoms with E-state index in [1.54, 1.807) is 20.0 Å². The maximum absolute atomic E-state index is 12.5. The number of aromatic nitrogens is 2. The topological polar surface area (TPSA) is 127 Å². The van der Waals surface area contributed by atoms with Crippen molar-refractivity contribution < 1.29 is 14.4 Å². The fourth-order valence-electron chi connectivity index (χ4n) is 2.54. The van der Waals surface area contributed by atoms with Gasteiger partial charge in [0.05, 0.1) is 16.7 Å². The van der Waals surface area contributed by atoms with Gasteiger partial charge in [0.1, 0.15) is 12.1 Å². The van der Waals surface area contributed by atoms with Crippen molar-refractivity contribution in [2.75, 3.05) is 0 Å². The van der Waals surface area contributed by atoms with Gasteiger partial charge in [0.25, 0.3) is 0 Å². The molecule has 0 unspecified atom stereocenters. The van der Waals surface area contributed by atoms with Crippen molar-refractivity contribution in [2.45, 2.75) is 39.3 Å². The molecule has 0 spiro atoms. The van der Waals surface area contributed by atoms with E-state index in [2.05, 4.69) is 20.6 Å². The first-order chi connectivity index (χ1) is 12.3. The standard InChI is InChI=1S/C18H23N5O3/c1-10(2)16(21-11(3)24)18(26)23-15(17(19)25)8-12-9-20-13-6-4-5-7-14(13)22-12/h4-7,9-10,15-16H,8H2,1-3H3,(H2,19,25)(H,21,24)(H,23,26)/t15-,16-/m1/s1. The van der Waals surface area contributed by atoms with E-state index in [0.717, 1.165) is 5.52 Å². The number of para-hydroxylation sites is 2. The summed E-state index contributed by atoms with van der Waals surface area (Å²) in [7, 11) is 0. The Morgan fingerprint density at radius 1 is 1.12 bits per heavy atom. The van der Waals surface area contributed by atoms with Gasteiger partial charge in [-0.1, -0.05) is 26.0 Å². The van der Waals surface area contributed by atoms with Gasteiger partial charge in [-0.15, -0.1) is 0 Å². The molecule has 1 aromatic carbocycles. The van der Waals surface area contributed by atoms with E-state index in [4.69, 9.17) is 5.73 Å². The summed E-state index contributed by atoms with van der Waals surface area (Å²) in [5, 5.41) is 5.18. The molecule has 0 aliphatic carbocycles. The van der Waals surface area contributed by atoms with E-state index < -0.39 is 23.9 Å². The summed E-state index contributed by atoms with van der Waals surface area (Å²) in [6, 6.07) is 5.64. The van der Waals surface area contributed by atoms with E-state index in [-0.39, 0.29) is 18.2 Å². The first kappa shape index (κ1) is 19.3. The second-order valence-corrected chi connectivity index (χ2v) is 6.44. The van der Waals surface area contributed by atoms with Gasteiger partial charge in [0, 0.05) is 19.5 Å². The number of nitrogens with one attached hydrogen (secondary N) is 2. The number of benzene rings is 1. The van der Waals surface area contributed by atoms with Crippen LogP contribution >= 0.6 is 0 Å². The van der Waals surface area contributed by atoms with Gasteiger partial charge in [0.15, 0.2) is 0 Å². The summed E-state index contributed by atoms with van der Waals surface area (Å²) >= 11 is 0. The molecule has 0 fully saturated rings. The van der Waals surface area contributed by atoms with Crippen molar-refractivity contribution in [2.24, 2.45) is 11.7 Å². The Labute approximate surface area is 151 Å². The fraction of sp³-hybridized carbons (Fsp3) is 0.389. The number of rotatable bonds is 7. The van der Waals surface area contributed by atoms with E-state index in [0.29, 0.717) is 11.2 Å². The Kier molecular flexibility index (Phi) is 6.21. The summed E-state index contributed by atoms with van der Waals surface area (Å²) < 4.78 is 0. The number of primary amides is 1. The molecule has 8 nitrogen and oxygen atoms in total. The largest absolute Gasteiger partial charge is 0.368 e. The smallest absolute Gasteiger partial charge is 0.243 e. The molecule has 4 N–H and O–H groups in total. The zero-order chi connectivity index (χ0) is 19.3. The van der Waals surface area contributed by atoms with E-state index >= 15 is 0 Å². The summed E-state index contributed by atoms with van der Waals surface area (Å²) in [6.07, 6.45) is 1.67. The number of hydrogen-bond donors (Lipinski definition) is 3. The minimum Gasteiger partial charge on any atom is -0.368 e. The highest BCUT2D eigenvalue weighted by molar-refractivity contribution is 5.91. The third-order valence-electron chi connectivity index (χ3n) is 3.88. The number of fused-ring (bicyclic) bond motifs is 1. The first-order valence-corrected chi connectivity index (χ1v) is 8.35. The fourth-order valence-corrected chi connectivity index (χ4v) is 2.54. The normalized spacial score (nSPS) is 13.2. The SMILES string of the molecule is CC(=O)N[C@@H](C(=O)N[C@H](Cc1cnc2ccccc2n1)C(N)=O)C(C)C. The van der Waals surface area contributed by atoms with Crippen LogP contribution in [0.5, 0.6) is 0 Å². The van der Waals surface area contributed by atoms with Crippen molar-refractivity contribution in [1.29, 1.82) is 0 Å². The number of amides is 3. The molecular formula is C18H23N5O3. The van der Waals surface area contributed by atoms with Gasteiger partial charge in [-0.2, -0.15) is 0 Å². The molecule has 3 amide bonds. The maximum atomic E-state index is 12.5. The molecule has 2 atom stereocenters. The summed E-state index contributed by atoms with van der Waals surface area (Å²) in [5.41, 5.74) is 7.40. The zero-order valence-electron chi connectivity index (χ0n) is 15.0. The minimum absolute atomic E-state index is 0.115. The van der Waals surface area contributed by atoms with Gasteiger partial charge in [-0.25, -0.2) is 4.98 Å². The molecule has 1 aromatic heterocycles. The number of hydrogen-bond acceptors (Lipinski definition) is 5.